The summed E-state index contributed by atoms with van der Waals surface area (Å²) >= 11 is 0. The van der Waals surface area contributed by atoms with Gasteiger partial charge in [-0.05, 0) is 43.5 Å². The molecule has 0 amide bonds. The van der Waals surface area contributed by atoms with Crippen LogP contribution in [0.25, 0.3) is 0 Å². The molecule has 2 aromatic rings. The van der Waals surface area contributed by atoms with Gasteiger partial charge in [-0.1, -0.05) is 12.1 Å². The van der Waals surface area contributed by atoms with Crippen molar-refractivity contribution in [1.82, 2.24) is 10.3 Å². The molecule has 7 heteroatoms. The van der Waals surface area contributed by atoms with E-state index in [1.165, 1.54) is 11.6 Å². The largest absolute Gasteiger partial charge is 0.304 e. The Bertz CT molecular complexity index is 695. The lowest BCUT2D eigenvalue weighted by Gasteiger charge is -2.27. The molecule has 24 heavy (non-hydrogen) atoms. The van der Waals surface area contributed by atoms with Gasteiger partial charge in [0.2, 0.25) is 0 Å². The third-order valence-electron chi connectivity index (χ3n) is 4.48. The Balaban J connectivity index is 0.00000144. The number of rotatable bonds is 3. The SMILES string of the molecule is CC1(C)NC(c2cccc([N+](=O)[O-])c2)CC1c1ccncc1.Cl.Cl. The first-order chi connectivity index (χ1) is 10.5. The zero-order valence-electron chi connectivity index (χ0n) is 13.5. The first kappa shape index (κ1) is 20.4. The van der Waals surface area contributed by atoms with E-state index < -0.39 is 0 Å². The Labute approximate surface area is 153 Å². The normalized spacial score (nSPS) is 21.4. The van der Waals surface area contributed by atoms with E-state index in [4.69, 9.17) is 0 Å². The van der Waals surface area contributed by atoms with E-state index in [2.05, 4.69) is 24.1 Å². The molecular weight excluding hydrogens is 349 g/mol. The summed E-state index contributed by atoms with van der Waals surface area (Å²) in [5.74, 6) is 0.347. The summed E-state index contributed by atoms with van der Waals surface area (Å²) in [5, 5.41) is 14.6. The number of hydrogen-bond donors (Lipinski definition) is 1. The van der Waals surface area contributed by atoms with Crippen molar-refractivity contribution in [2.45, 2.75) is 37.8 Å². The highest BCUT2D eigenvalue weighted by Crippen LogP contribution is 2.43. The van der Waals surface area contributed by atoms with Gasteiger partial charge in [0.25, 0.3) is 5.69 Å². The average Bonchev–Trinajstić information content (AvgIpc) is 2.84. The number of pyridine rings is 1. The molecule has 0 bridgehead atoms. The number of nitrogens with zero attached hydrogens (tertiary/aromatic N) is 2. The lowest BCUT2D eigenvalue weighted by Crippen LogP contribution is -2.37. The molecule has 1 N–H and O–H groups in total. The van der Waals surface area contributed by atoms with Crippen LogP contribution >= 0.6 is 24.8 Å². The molecule has 1 aliphatic heterocycles. The second-order valence-corrected chi connectivity index (χ2v) is 6.34. The molecule has 1 aromatic heterocycles. The predicted molar refractivity (Wildman–Crippen MR) is 99.1 cm³/mol. The monoisotopic (exact) mass is 369 g/mol. The number of benzene rings is 1. The van der Waals surface area contributed by atoms with Crippen molar-refractivity contribution in [3.05, 3.63) is 70.0 Å². The van der Waals surface area contributed by atoms with E-state index in [0.717, 1.165) is 12.0 Å². The second kappa shape index (κ2) is 7.92. The van der Waals surface area contributed by atoms with Crippen LogP contribution in [0.4, 0.5) is 5.69 Å². The van der Waals surface area contributed by atoms with Gasteiger partial charge in [-0.2, -0.15) is 0 Å². The summed E-state index contributed by atoms with van der Waals surface area (Å²) in [6.45, 7) is 4.35. The quantitative estimate of drug-likeness (QED) is 0.641. The molecule has 2 heterocycles. The summed E-state index contributed by atoms with van der Waals surface area (Å²) in [7, 11) is 0. The molecule has 1 saturated heterocycles. The topological polar surface area (TPSA) is 68.1 Å². The highest BCUT2D eigenvalue weighted by molar-refractivity contribution is 5.85. The van der Waals surface area contributed by atoms with Crippen molar-refractivity contribution in [1.29, 1.82) is 0 Å². The lowest BCUT2D eigenvalue weighted by molar-refractivity contribution is -0.384. The molecule has 2 unspecified atom stereocenters. The van der Waals surface area contributed by atoms with Gasteiger partial charge in [-0.25, -0.2) is 0 Å². The number of nitro benzene ring substituents is 1. The fraction of sp³-hybridized carbons (Fsp3) is 0.353. The molecule has 0 radical (unpaired) electrons. The van der Waals surface area contributed by atoms with E-state index in [1.807, 2.05) is 30.6 Å². The summed E-state index contributed by atoms with van der Waals surface area (Å²) in [6.07, 6.45) is 4.54. The van der Waals surface area contributed by atoms with Crippen molar-refractivity contribution in [2.24, 2.45) is 0 Å². The van der Waals surface area contributed by atoms with Crippen LogP contribution < -0.4 is 5.32 Å². The van der Waals surface area contributed by atoms with Gasteiger partial charge >= 0.3 is 0 Å². The molecular formula is C17H21Cl2N3O2. The highest BCUT2D eigenvalue weighted by Gasteiger charge is 2.41. The van der Waals surface area contributed by atoms with Crippen LogP contribution in [-0.4, -0.2) is 15.4 Å². The van der Waals surface area contributed by atoms with E-state index in [0.29, 0.717) is 5.92 Å². The molecule has 130 valence electrons. The van der Waals surface area contributed by atoms with Gasteiger partial charge in [0.1, 0.15) is 0 Å². The van der Waals surface area contributed by atoms with Crippen molar-refractivity contribution in [2.75, 3.05) is 0 Å². The van der Waals surface area contributed by atoms with Gasteiger partial charge in [0, 0.05) is 42.0 Å². The number of hydrogen-bond acceptors (Lipinski definition) is 4. The maximum Gasteiger partial charge on any atom is 0.269 e. The minimum Gasteiger partial charge on any atom is -0.304 e. The van der Waals surface area contributed by atoms with Gasteiger partial charge < -0.3 is 5.32 Å². The maximum atomic E-state index is 11.0. The number of halogens is 2. The fourth-order valence-corrected chi connectivity index (χ4v) is 3.36. The van der Waals surface area contributed by atoms with Crippen molar-refractivity contribution >= 4 is 30.5 Å². The minimum atomic E-state index is -0.343. The van der Waals surface area contributed by atoms with Crippen molar-refractivity contribution < 1.29 is 4.92 Å². The summed E-state index contributed by atoms with van der Waals surface area (Å²) in [5.41, 5.74) is 2.29. The zero-order valence-corrected chi connectivity index (χ0v) is 15.1. The van der Waals surface area contributed by atoms with Gasteiger partial charge in [-0.3, -0.25) is 15.1 Å². The van der Waals surface area contributed by atoms with Gasteiger partial charge in [0.05, 0.1) is 4.92 Å². The average molecular weight is 370 g/mol. The standard InChI is InChI=1S/C17H19N3O2.2ClH/c1-17(2)15(12-6-8-18-9-7-12)11-16(19-17)13-4-3-5-14(10-13)20(21)22;;/h3-10,15-16,19H,11H2,1-2H3;2*1H. The Kier molecular flexibility index (Phi) is 6.72. The molecule has 1 fully saturated rings. The van der Waals surface area contributed by atoms with Crippen LogP contribution in [0.5, 0.6) is 0 Å². The Morgan fingerprint density at radius 2 is 1.83 bits per heavy atom. The summed E-state index contributed by atoms with van der Waals surface area (Å²) in [6, 6.07) is 11.1. The zero-order chi connectivity index (χ0) is 15.7. The fourth-order valence-electron chi connectivity index (χ4n) is 3.36. The Morgan fingerprint density at radius 3 is 2.46 bits per heavy atom. The number of nitrogens with one attached hydrogen (secondary N) is 1. The Hall–Kier alpha value is -1.69. The molecule has 0 aliphatic carbocycles. The second-order valence-electron chi connectivity index (χ2n) is 6.34. The molecule has 3 rings (SSSR count). The van der Waals surface area contributed by atoms with E-state index in [9.17, 15) is 10.1 Å². The smallest absolute Gasteiger partial charge is 0.269 e. The third kappa shape index (κ3) is 4.04. The van der Waals surface area contributed by atoms with E-state index >= 15 is 0 Å². The highest BCUT2D eigenvalue weighted by atomic mass is 35.5. The van der Waals surface area contributed by atoms with Crippen LogP contribution in [0.3, 0.4) is 0 Å². The maximum absolute atomic E-state index is 11.0. The molecule has 2 atom stereocenters. The molecule has 1 aliphatic rings. The number of non-ortho nitro benzene ring substituents is 1. The minimum absolute atomic E-state index is 0. The van der Waals surface area contributed by atoms with Crippen LogP contribution in [-0.2, 0) is 0 Å². The van der Waals surface area contributed by atoms with Gasteiger partial charge in [0.15, 0.2) is 0 Å². The third-order valence-corrected chi connectivity index (χ3v) is 4.48. The van der Waals surface area contributed by atoms with Gasteiger partial charge in [-0.15, -0.1) is 24.8 Å². The summed E-state index contributed by atoms with van der Waals surface area (Å²) in [4.78, 5) is 14.7. The van der Waals surface area contributed by atoms with Crippen molar-refractivity contribution in [3.8, 4) is 0 Å². The number of nitro groups is 1. The molecule has 1 aromatic carbocycles. The molecule has 5 nitrogen and oxygen atoms in total. The number of aromatic nitrogens is 1. The van der Waals surface area contributed by atoms with E-state index in [-0.39, 0.29) is 47.0 Å². The van der Waals surface area contributed by atoms with Crippen LogP contribution in [0.2, 0.25) is 0 Å². The lowest BCUT2D eigenvalue weighted by atomic mass is 9.83. The molecule has 0 saturated carbocycles. The van der Waals surface area contributed by atoms with Crippen LogP contribution in [0, 0.1) is 10.1 Å². The van der Waals surface area contributed by atoms with E-state index in [1.54, 1.807) is 12.1 Å². The first-order valence-corrected chi connectivity index (χ1v) is 7.39. The Morgan fingerprint density at radius 1 is 1.17 bits per heavy atom. The van der Waals surface area contributed by atoms with Crippen LogP contribution in [0.15, 0.2) is 48.8 Å². The van der Waals surface area contributed by atoms with Crippen molar-refractivity contribution in [3.63, 3.8) is 0 Å². The van der Waals surface area contributed by atoms with Crippen LogP contribution in [0.1, 0.15) is 43.4 Å². The predicted octanol–water partition coefficient (Wildman–Crippen LogP) is 4.43. The summed E-state index contributed by atoms with van der Waals surface area (Å²) < 4.78 is 0. The molecule has 0 spiro atoms. The first-order valence-electron chi connectivity index (χ1n) is 7.39.